The van der Waals surface area contributed by atoms with Crippen molar-refractivity contribution in [1.29, 1.82) is 0 Å². The number of halogens is 4. The number of piperidine rings is 1. The van der Waals surface area contributed by atoms with Gasteiger partial charge in [-0.05, 0) is 37.1 Å². The van der Waals surface area contributed by atoms with Crippen molar-refractivity contribution in [3.05, 3.63) is 29.8 Å². The number of rotatable bonds is 2. The van der Waals surface area contributed by atoms with Gasteiger partial charge in [-0.1, -0.05) is 0 Å². The monoisotopic (exact) mass is 296 g/mol. The third-order valence-corrected chi connectivity index (χ3v) is 3.24. The highest BCUT2D eigenvalue weighted by molar-refractivity contribution is 6.20. The zero-order chi connectivity index (χ0) is 13.2. The molecule has 0 atom stereocenters. The molecule has 0 unspecified atom stereocenters. The molecule has 0 radical (unpaired) electrons. The van der Waals surface area contributed by atoms with Crippen molar-refractivity contribution < 1.29 is 18.0 Å². The summed E-state index contributed by atoms with van der Waals surface area (Å²) in [6.45, 7) is 1.38. The van der Waals surface area contributed by atoms with Crippen molar-refractivity contribution in [2.24, 2.45) is 0 Å². The molecular formula is C12H16ClF3N2O. The third kappa shape index (κ3) is 4.56. The van der Waals surface area contributed by atoms with Crippen molar-refractivity contribution in [2.75, 3.05) is 13.1 Å². The highest BCUT2D eigenvalue weighted by Crippen LogP contribution is 2.30. The SMILES string of the molecule is FC(F)(F)c1ccc(ON2CCC(Cl)CC2)cc1.N. The Kier molecular flexibility index (Phi) is 5.46. The molecule has 3 nitrogen and oxygen atoms in total. The quantitative estimate of drug-likeness (QED) is 0.843. The largest absolute Gasteiger partial charge is 0.416 e. The molecule has 0 bridgehead atoms. The molecular weight excluding hydrogens is 281 g/mol. The van der Waals surface area contributed by atoms with Gasteiger partial charge < -0.3 is 11.0 Å². The van der Waals surface area contributed by atoms with Gasteiger partial charge in [-0.2, -0.15) is 13.2 Å². The van der Waals surface area contributed by atoms with E-state index in [1.165, 1.54) is 12.1 Å². The van der Waals surface area contributed by atoms with E-state index in [1.54, 1.807) is 5.06 Å². The van der Waals surface area contributed by atoms with Crippen LogP contribution in [0.1, 0.15) is 18.4 Å². The minimum Gasteiger partial charge on any atom is -0.406 e. The predicted octanol–water partition coefficient (Wildman–Crippen LogP) is 3.86. The Labute approximate surface area is 114 Å². The molecule has 0 aliphatic carbocycles. The first-order valence-corrected chi connectivity index (χ1v) is 6.13. The number of hydrogen-bond donors (Lipinski definition) is 1. The molecule has 3 N–H and O–H groups in total. The summed E-state index contributed by atoms with van der Waals surface area (Å²) in [7, 11) is 0. The van der Waals surface area contributed by atoms with E-state index in [0.717, 1.165) is 25.0 Å². The molecule has 0 spiro atoms. The van der Waals surface area contributed by atoms with Crippen molar-refractivity contribution in [3.63, 3.8) is 0 Å². The highest BCUT2D eigenvalue weighted by Gasteiger charge is 2.30. The zero-order valence-corrected chi connectivity index (χ0v) is 11.0. The lowest BCUT2D eigenvalue weighted by molar-refractivity contribution is -0.137. The van der Waals surface area contributed by atoms with Crippen LogP contribution in [0.25, 0.3) is 0 Å². The first kappa shape index (κ1) is 16.1. The van der Waals surface area contributed by atoms with Crippen molar-refractivity contribution >= 4 is 11.6 Å². The fourth-order valence-corrected chi connectivity index (χ4v) is 1.96. The molecule has 108 valence electrons. The van der Waals surface area contributed by atoms with Crippen LogP contribution in [0, 0.1) is 0 Å². The molecule has 1 fully saturated rings. The minimum atomic E-state index is -4.31. The Hall–Kier alpha value is -0.980. The molecule has 7 heteroatoms. The van der Waals surface area contributed by atoms with Gasteiger partial charge in [-0.25, -0.2) is 0 Å². The molecule has 0 amide bonds. The average molecular weight is 297 g/mol. The summed E-state index contributed by atoms with van der Waals surface area (Å²) in [5.74, 6) is 0.413. The van der Waals surface area contributed by atoms with Gasteiger partial charge in [-0.15, -0.1) is 16.7 Å². The van der Waals surface area contributed by atoms with Crippen molar-refractivity contribution in [1.82, 2.24) is 11.2 Å². The van der Waals surface area contributed by atoms with Crippen LogP contribution >= 0.6 is 11.6 Å². The average Bonchev–Trinajstić information content (AvgIpc) is 2.32. The Balaban J connectivity index is 0.00000180. The molecule has 1 aliphatic rings. The van der Waals surface area contributed by atoms with Gasteiger partial charge in [0.2, 0.25) is 0 Å². The molecule has 0 aromatic heterocycles. The summed E-state index contributed by atoms with van der Waals surface area (Å²) < 4.78 is 37.1. The van der Waals surface area contributed by atoms with Gasteiger partial charge in [0.25, 0.3) is 0 Å². The highest BCUT2D eigenvalue weighted by atomic mass is 35.5. The van der Waals surface area contributed by atoms with E-state index >= 15 is 0 Å². The van der Waals surface area contributed by atoms with Gasteiger partial charge in [0, 0.05) is 18.5 Å². The van der Waals surface area contributed by atoms with Crippen LogP contribution in [0.4, 0.5) is 13.2 Å². The van der Waals surface area contributed by atoms with E-state index in [0.29, 0.717) is 18.8 Å². The molecule has 2 rings (SSSR count). The molecule has 1 aromatic rings. The molecule has 0 saturated carbocycles. The van der Waals surface area contributed by atoms with Gasteiger partial charge in [0.1, 0.15) is 5.75 Å². The fourth-order valence-electron chi connectivity index (χ4n) is 1.77. The Morgan fingerprint density at radius 2 is 1.63 bits per heavy atom. The summed E-state index contributed by atoms with van der Waals surface area (Å²) >= 11 is 5.95. The number of hydroxylamine groups is 2. The molecule has 1 aliphatic heterocycles. The third-order valence-electron chi connectivity index (χ3n) is 2.80. The van der Waals surface area contributed by atoms with Gasteiger partial charge in [0.05, 0.1) is 5.56 Å². The predicted molar refractivity (Wildman–Crippen MR) is 67.5 cm³/mol. The van der Waals surface area contributed by atoms with Gasteiger partial charge in [-0.3, -0.25) is 0 Å². The second kappa shape index (κ2) is 6.45. The van der Waals surface area contributed by atoms with E-state index < -0.39 is 11.7 Å². The van der Waals surface area contributed by atoms with E-state index in [4.69, 9.17) is 16.4 Å². The van der Waals surface area contributed by atoms with E-state index in [1.807, 2.05) is 0 Å². The molecule has 1 saturated heterocycles. The molecule has 19 heavy (non-hydrogen) atoms. The topological polar surface area (TPSA) is 47.5 Å². The fraction of sp³-hybridized carbons (Fsp3) is 0.500. The van der Waals surface area contributed by atoms with Crippen LogP contribution in [0.3, 0.4) is 0 Å². The Bertz CT molecular complexity index is 389. The van der Waals surface area contributed by atoms with Crippen LogP contribution in [-0.4, -0.2) is 23.5 Å². The first-order valence-electron chi connectivity index (χ1n) is 5.69. The van der Waals surface area contributed by atoms with E-state index in [9.17, 15) is 13.2 Å². The van der Waals surface area contributed by atoms with Gasteiger partial charge >= 0.3 is 6.18 Å². The number of benzene rings is 1. The normalized spacial score (nSPS) is 17.9. The lowest BCUT2D eigenvalue weighted by atomic mass is 10.1. The lowest BCUT2D eigenvalue weighted by Crippen LogP contribution is -2.36. The van der Waals surface area contributed by atoms with E-state index in [-0.39, 0.29) is 11.5 Å². The second-order valence-corrected chi connectivity index (χ2v) is 4.83. The lowest BCUT2D eigenvalue weighted by Gasteiger charge is -2.28. The van der Waals surface area contributed by atoms with Crippen LogP contribution in [0.5, 0.6) is 5.75 Å². The first-order chi connectivity index (χ1) is 8.45. The summed E-state index contributed by atoms with van der Waals surface area (Å²) in [5.41, 5.74) is -0.672. The maximum Gasteiger partial charge on any atom is 0.416 e. The second-order valence-electron chi connectivity index (χ2n) is 4.22. The summed E-state index contributed by atoms with van der Waals surface area (Å²) in [6, 6.07) is 4.69. The van der Waals surface area contributed by atoms with Gasteiger partial charge in [0.15, 0.2) is 0 Å². The van der Waals surface area contributed by atoms with Crippen LogP contribution < -0.4 is 11.0 Å². The number of alkyl halides is 4. The summed E-state index contributed by atoms with van der Waals surface area (Å²) in [4.78, 5) is 5.48. The smallest absolute Gasteiger partial charge is 0.406 e. The standard InChI is InChI=1S/C12H13ClF3NO.H3N/c13-10-5-7-17(8-6-10)18-11-3-1-9(2-4-11)12(14,15)16;/h1-4,10H,5-8H2;1H3. The van der Waals surface area contributed by atoms with Crippen molar-refractivity contribution in [3.8, 4) is 5.75 Å². The number of hydrogen-bond acceptors (Lipinski definition) is 3. The van der Waals surface area contributed by atoms with Crippen molar-refractivity contribution in [2.45, 2.75) is 24.4 Å². The number of nitrogens with zero attached hydrogens (tertiary/aromatic N) is 1. The minimum absolute atomic E-state index is 0. The van der Waals surface area contributed by atoms with E-state index in [2.05, 4.69) is 0 Å². The van der Waals surface area contributed by atoms with Crippen LogP contribution in [0.15, 0.2) is 24.3 Å². The maximum atomic E-state index is 12.4. The Morgan fingerprint density at radius 3 is 2.11 bits per heavy atom. The summed E-state index contributed by atoms with van der Waals surface area (Å²) in [5, 5.41) is 1.89. The summed E-state index contributed by atoms with van der Waals surface area (Å²) in [6.07, 6.45) is -2.67. The maximum absolute atomic E-state index is 12.4. The molecule has 1 heterocycles. The Morgan fingerprint density at radius 1 is 1.11 bits per heavy atom. The zero-order valence-electron chi connectivity index (χ0n) is 10.3. The molecule has 1 aromatic carbocycles. The van der Waals surface area contributed by atoms with Crippen LogP contribution in [-0.2, 0) is 6.18 Å². The van der Waals surface area contributed by atoms with Crippen LogP contribution in [0.2, 0.25) is 0 Å².